The molecule has 0 unspecified atom stereocenters. The standard InChI is InChI=1S/C16H24N2O4S/c1-2-22-13-5-10-17-16(19)14-6-8-15(9-7-14)23(20,21)18-11-3-4-12-18/h6-9H,2-5,10-13H2,1H3,(H,17,19). The summed E-state index contributed by atoms with van der Waals surface area (Å²) in [6.45, 7) is 4.89. The van der Waals surface area contributed by atoms with Crippen molar-refractivity contribution in [3.8, 4) is 0 Å². The van der Waals surface area contributed by atoms with Gasteiger partial charge in [0.2, 0.25) is 10.0 Å². The molecule has 0 spiro atoms. The molecule has 1 aromatic carbocycles. The van der Waals surface area contributed by atoms with Gasteiger partial charge < -0.3 is 10.1 Å². The van der Waals surface area contributed by atoms with Crippen molar-refractivity contribution >= 4 is 15.9 Å². The molecule has 1 fully saturated rings. The number of carbonyl (C=O) groups is 1. The molecule has 2 rings (SSSR count). The summed E-state index contributed by atoms with van der Waals surface area (Å²) < 4.78 is 31.5. The van der Waals surface area contributed by atoms with Crippen LogP contribution < -0.4 is 5.32 Å². The summed E-state index contributed by atoms with van der Waals surface area (Å²) in [7, 11) is -3.42. The van der Waals surface area contributed by atoms with Crippen molar-refractivity contribution in [1.82, 2.24) is 9.62 Å². The summed E-state index contributed by atoms with van der Waals surface area (Å²) in [5.41, 5.74) is 0.460. The van der Waals surface area contributed by atoms with Crippen molar-refractivity contribution in [2.75, 3.05) is 32.8 Å². The molecule has 0 saturated carbocycles. The Labute approximate surface area is 137 Å². The number of carbonyl (C=O) groups excluding carboxylic acids is 1. The van der Waals surface area contributed by atoms with Crippen molar-refractivity contribution in [3.63, 3.8) is 0 Å². The van der Waals surface area contributed by atoms with Crippen molar-refractivity contribution in [1.29, 1.82) is 0 Å². The van der Waals surface area contributed by atoms with E-state index in [0.29, 0.717) is 38.4 Å². The van der Waals surface area contributed by atoms with E-state index in [1.54, 1.807) is 12.1 Å². The van der Waals surface area contributed by atoms with Gasteiger partial charge in [-0.1, -0.05) is 0 Å². The number of hydrogen-bond acceptors (Lipinski definition) is 4. The second kappa shape index (κ2) is 8.42. The van der Waals surface area contributed by atoms with E-state index in [1.165, 1.54) is 16.4 Å². The van der Waals surface area contributed by atoms with Gasteiger partial charge >= 0.3 is 0 Å². The Balaban J connectivity index is 1.92. The largest absolute Gasteiger partial charge is 0.382 e. The van der Waals surface area contributed by atoms with E-state index in [2.05, 4.69) is 5.32 Å². The Kier molecular flexibility index (Phi) is 6.56. The Bertz CT molecular complexity index is 607. The molecule has 0 bridgehead atoms. The Hall–Kier alpha value is -1.44. The first-order valence-electron chi connectivity index (χ1n) is 8.02. The van der Waals surface area contributed by atoms with Crippen LogP contribution >= 0.6 is 0 Å². The topological polar surface area (TPSA) is 75.7 Å². The molecule has 1 heterocycles. The number of nitrogens with one attached hydrogen (secondary N) is 1. The second-order valence-corrected chi connectivity index (χ2v) is 7.38. The van der Waals surface area contributed by atoms with Crippen LogP contribution in [0.1, 0.15) is 36.5 Å². The number of benzene rings is 1. The first-order chi connectivity index (χ1) is 11.1. The first kappa shape index (κ1) is 17.9. The minimum absolute atomic E-state index is 0.202. The molecular formula is C16H24N2O4S. The number of nitrogens with zero attached hydrogens (tertiary/aromatic N) is 1. The highest BCUT2D eigenvalue weighted by molar-refractivity contribution is 7.89. The molecule has 1 amide bonds. The minimum Gasteiger partial charge on any atom is -0.382 e. The average molecular weight is 340 g/mol. The summed E-state index contributed by atoms with van der Waals surface area (Å²) in [5, 5.41) is 2.79. The van der Waals surface area contributed by atoms with Gasteiger partial charge in [-0.25, -0.2) is 8.42 Å². The quantitative estimate of drug-likeness (QED) is 0.730. The smallest absolute Gasteiger partial charge is 0.251 e. The third-order valence-corrected chi connectivity index (χ3v) is 5.69. The fraction of sp³-hybridized carbons (Fsp3) is 0.562. The lowest BCUT2D eigenvalue weighted by Crippen LogP contribution is -2.28. The van der Waals surface area contributed by atoms with Crippen molar-refractivity contribution in [2.24, 2.45) is 0 Å². The predicted molar refractivity (Wildman–Crippen MR) is 87.9 cm³/mol. The number of sulfonamides is 1. The normalized spacial score (nSPS) is 15.7. The molecule has 128 valence electrons. The Morgan fingerprint density at radius 1 is 1.22 bits per heavy atom. The number of hydrogen-bond donors (Lipinski definition) is 1. The molecule has 1 N–H and O–H groups in total. The van der Waals surface area contributed by atoms with Crippen LogP contribution in [0.5, 0.6) is 0 Å². The van der Waals surface area contributed by atoms with E-state index in [-0.39, 0.29) is 10.8 Å². The lowest BCUT2D eigenvalue weighted by Gasteiger charge is -2.15. The van der Waals surface area contributed by atoms with Crippen LogP contribution in [0.3, 0.4) is 0 Å². The van der Waals surface area contributed by atoms with Gasteiger partial charge in [-0.3, -0.25) is 4.79 Å². The number of ether oxygens (including phenoxy) is 1. The molecule has 1 saturated heterocycles. The maximum absolute atomic E-state index is 12.4. The maximum atomic E-state index is 12.4. The molecule has 6 nitrogen and oxygen atoms in total. The minimum atomic E-state index is -3.42. The highest BCUT2D eigenvalue weighted by atomic mass is 32.2. The summed E-state index contributed by atoms with van der Waals surface area (Å²) in [5.74, 6) is -0.202. The summed E-state index contributed by atoms with van der Waals surface area (Å²) in [6, 6.07) is 6.12. The van der Waals surface area contributed by atoms with E-state index in [0.717, 1.165) is 19.3 Å². The molecule has 1 aliphatic rings. The van der Waals surface area contributed by atoms with Crippen LogP contribution in [0.2, 0.25) is 0 Å². The predicted octanol–water partition coefficient (Wildman–Crippen LogP) is 1.63. The van der Waals surface area contributed by atoms with E-state index in [4.69, 9.17) is 4.74 Å². The molecule has 0 atom stereocenters. The van der Waals surface area contributed by atoms with Crippen LogP contribution in [0.4, 0.5) is 0 Å². The van der Waals surface area contributed by atoms with Crippen molar-refractivity contribution < 1.29 is 17.9 Å². The van der Waals surface area contributed by atoms with E-state index in [1.807, 2.05) is 6.92 Å². The molecule has 0 radical (unpaired) electrons. The molecule has 1 aromatic rings. The highest BCUT2D eigenvalue weighted by Crippen LogP contribution is 2.21. The Morgan fingerprint density at radius 3 is 2.48 bits per heavy atom. The SMILES string of the molecule is CCOCCCNC(=O)c1ccc(S(=O)(=O)N2CCCC2)cc1. The summed E-state index contributed by atoms with van der Waals surface area (Å²) in [4.78, 5) is 12.2. The van der Waals surface area contributed by atoms with Gasteiger partial charge in [-0.05, 0) is 50.5 Å². The Morgan fingerprint density at radius 2 is 1.87 bits per heavy atom. The van der Waals surface area contributed by atoms with Crippen LogP contribution in [0, 0.1) is 0 Å². The fourth-order valence-corrected chi connectivity index (χ4v) is 4.00. The zero-order valence-corrected chi connectivity index (χ0v) is 14.3. The zero-order chi connectivity index (χ0) is 16.7. The molecular weight excluding hydrogens is 316 g/mol. The molecule has 1 aliphatic heterocycles. The van der Waals surface area contributed by atoms with Gasteiger partial charge in [0, 0.05) is 38.4 Å². The summed E-state index contributed by atoms with van der Waals surface area (Å²) in [6.07, 6.45) is 2.56. The zero-order valence-electron chi connectivity index (χ0n) is 13.5. The van der Waals surface area contributed by atoms with Gasteiger partial charge in [0.05, 0.1) is 4.90 Å². The molecule has 0 aromatic heterocycles. The van der Waals surface area contributed by atoms with Crippen molar-refractivity contribution in [2.45, 2.75) is 31.1 Å². The van der Waals surface area contributed by atoms with Gasteiger partial charge in [0.25, 0.3) is 5.91 Å². The first-order valence-corrected chi connectivity index (χ1v) is 9.46. The average Bonchev–Trinajstić information content (AvgIpc) is 3.10. The van der Waals surface area contributed by atoms with Crippen LogP contribution in [0.15, 0.2) is 29.2 Å². The van der Waals surface area contributed by atoms with E-state index in [9.17, 15) is 13.2 Å². The lowest BCUT2D eigenvalue weighted by molar-refractivity contribution is 0.0944. The van der Waals surface area contributed by atoms with Gasteiger partial charge in [0.1, 0.15) is 0 Å². The van der Waals surface area contributed by atoms with Crippen LogP contribution in [-0.4, -0.2) is 51.5 Å². The van der Waals surface area contributed by atoms with Crippen LogP contribution in [-0.2, 0) is 14.8 Å². The molecule has 23 heavy (non-hydrogen) atoms. The van der Waals surface area contributed by atoms with Crippen LogP contribution in [0.25, 0.3) is 0 Å². The highest BCUT2D eigenvalue weighted by Gasteiger charge is 2.27. The molecule has 7 heteroatoms. The third kappa shape index (κ3) is 4.76. The third-order valence-electron chi connectivity index (χ3n) is 3.77. The van der Waals surface area contributed by atoms with Gasteiger partial charge in [0.15, 0.2) is 0 Å². The number of amides is 1. The number of rotatable bonds is 8. The summed E-state index contributed by atoms with van der Waals surface area (Å²) >= 11 is 0. The maximum Gasteiger partial charge on any atom is 0.251 e. The lowest BCUT2D eigenvalue weighted by atomic mass is 10.2. The second-order valence-electron chi connectivity index (χ2n) is 5.44. The van der Waals surface area contributed by atoms with Gasteiger partial charge in [-0.15, -0.1) is 0 Å². The van der Waals surface area contributed by atoms with E-state index >= 15 is 0 Å². The van der Waals surface area contributed by atoms with Gasteiger partial charge in [-0.2, -0.15) is 4.31 Å². The monoisotopic (exact) mass is 340 g/mol. The molecule has 0 aliphatic carbocycles. The van der Waals surface area contributed by atoms with E-state index < -0.39 is 10.0 Å². The van der Waals surface area contributed by atoms with Crippen molar-refractivity contribution in [3.05, 3.63) is 29.8 Å². The fourth-order valence-electron chi connectivity index (χ4n) is 2.48.